The Morgan fingerprint density at radius 3 is 2.02 bits per heavy atom. The highest BCUT2D eigenvalue weighted by atomic mass is 14.8. The molecule has 0 saturated carbocycles. The maximum absolute atomic E-state index is 5.06. The van der Waals surface area contributed by atoms with Crippen LogP contribution in [0.4, 0.5) is 0 Å². The zero-order chi connectivity index (χ0) is 35.9. The zero-order valence-corrected chi connectivity index (χ0v) is 30.2. The van der Waals surface area contributed by atoms with E-state index >= 15 is 0 Å². The van der Waals surface area contributed by atoms with Crippen LogP contribution in [0.25, 0.3) is 45.2 Å². The topological polar surface area (TPSA) is 12.4 Å². The Balaban J connectivity index is 1.11. The van der Waals surface area contributed by atoms with Crippen LogP contribution in [0.15, 0.2) is 193 Å². The van der Waals surface area contributed by atoms with Crippen molar-refractivity contribution in [2.45, 2.75) is 27.2 Å². The van der Waals surface area contributed by atoms with Crippen LogP contribution in [0, 0.1) is 6.92 Å². The van der Waals surface area contributed by atoms with Crippen LogP contribution < -0.4 is 0 Å². The van der Waals surface area contributed by atoms with E-state index in [4.69, 9.17) is 4.99 Å². The van der Waals surface area contributed by atoms with Gasteiger partial charge in [-0.05, 0) is 106 Å². The third kappa shape index (κ3) is 8.01. The fraction of sp³-hybridized carbons (Fsp3) is 0.0784. The van der Waals surface area contributed by atoms with Gasteiger partial charge in [-0.2, -0.15) is 0 Å². The molecule has 0 radical (unpaired) electrons. The van der Waals surface area contributed by atoms with Crippen molar-refractivity contribution in [3.63, 3.8) is 0 Å². The molecule has 0 bridgehead atoms. The third-order valence-corrected chi connectivity index (χ3v) is 9.71. The number of aliphatic imine (C=N–C) groups is 1. The first-order chi connectivity index (χ1) is 25.4. The molecule has 52 heavy (non-hydrogen) atoms. The van der Waals surface area contributed by atoms with Gasteiger partial charge in [-0.3, -0.25) is 0 Å². The van der Waals surface area contributed by atoms with Crippen molar-refractivity contribution in [1.29, 1.82) is 0 Å². The molecular formula is C51H43N. The van der Waals surface area contributed by atoms with E-state index in [1.165, 1.54) is 66.8 Å². The van der Waals surface area contributed by atoms with Crippen molar-refractivity contribution in [2.75, 3.05) is 0 Å². The Labute approximate surface area is 309 Å². The summed E-state index contributed by atoms with van der Waals surface area (Å²) in [7, 11) is 0. The minimum absolute atomic E-state index is 0.741. The maximum Gasteiger partial charge on any atom is 0.0712 e. The van der Waals surface area contributed by atoms with Gasteiger partial charge < -0.3 is 0 Å². The molecule has 252 valence electrons. The lowest BCUT2D eigenvalue weighted by Crippen LogP contribution is -2.03. The van der Waals surface area contributed by atoms with Crippen molar-refractivity contribution in [3.05, 3.63) is 227 Å². The Bertz CT molecular complexity index is 2380. The Morgan fingerprint density at radius 1 is 0.577 bits per heavy atom. The van der Waals surface area contributed by atoms with Gasteiger partial charge in [0, 0.05) is 5.57 Å². The first-order valence-corrected chi connectivity index (χ1v) is 17.9. The maximum atomic E-state index is 5.06. The van der Waals surface area contributed by atoms with Crippen LogP contribution in [0.5, 0.6) is 0 Å². The molecule has 0 aliphatic heterocycles. The van der Waals surface area contributed by atoms with Gasteiger partial charge in [-0.25, -0.2) is 4.99 Å². The second-order valence-electron chi connectivity index (χ2n) is 13.5. The van der Waals surface area contributed by atoms with Crippen LogP contribution >= 0.6 is 0 Å². The average Bonchev–Trinajstić information content (AvgIpc) is 3.19. The summed E-state index contributed by atoms with van der Waals surface area (Å²) in [4.78, 5) is 5.06. The predicted molar refractivity (Wildman–Crippen MR) is 225 cm³/mol. The molecule has 6 aromatic rings. The highest BCUT2D eigenvalue weighted by Crippen LogP contribution is 2.30. The van der Waals surface area contributed by atoms with E-state index in [1.54, 1.807) is 0 Å². The summed E-state index contributed by atoms with van der Waals surface area (Å²) < 4.78 is 0. The molecule has 0 aromatic heterocycles. The van der Waals surface area contributed by atoms with Gasteiger partial charge in [0.05, 0.1) is 11.4 Å². The lowest BCUT2D eigenvalue weighted by Gasteiger charge is -2.14. The molecule has 0 fully saturated rings. The molecule has 1 heteroatoms. The summed E-state index contributed by atoms with van der Waals surface area (Å²) in [6.45, 7) is 10.9. The van der Waals surface area contributed by atoms with Crippen molar-refractivity contribution in [3.8, 4) is 22.3 Å². The first-order valence-electron chi connectivity index (χ1n) is 17.9. The Morgan fingerprint density at radius 2 is 1.23 bits per heavy atom. The molecule has 0 atom stereocenters. The lowest BCUT2D eigenvalue weighted by atomic mass is 9.93. The van der Waals surface area contributed by atoms with Crippen molar-refractivity contribution < 1.29 is 0 Å². The quantitative estimate of drug-likeness (QED) is 0.136. The van der Waals surface area contributed by atoms with E-state index in [0.717, 1.165) is 29.0 Å². The first kappa shape index (κ1) is 34.2. The highest BCUT2D eigenvalue weighted by Gasteiger charge is 2.13. The molecule has 0 saturated heterocycles. The van der Waals surface area contributed by atoms with Crippen LogP contribution in [0.2, 0.25) is 0 Å². The molecular weight excluding hydrogens is 627 g/mol. The van der Waals surface area contributed by atoms with Gasteiger partial charge in [0.1, 0.15) is 0 Å². The van der Waals surface area contributed by atoms with E-state index in [9.17, 15) is 0 Å². The summed E-state index contributed by atoms with van der Waals surface area (Å²) in [5.74, 6) is 0. The lowest BCUT2D eigenvalue weighted by molar-refractivity contribution is 1.17. The normalized spacial score (nSPS) is 14.4. The van der Waals surface area contributed by atoms with Gasteiger partial charge in [0.25, 0.3) is 0 Å². The van der Waals surface area contributed by atoms with E-state index in [1.807, 2.05) is 6.08 Å². The largest absolute Gasteiger partial charge is 0.248 e. The van der Waals surface area contributed by atoms with Gasteiger partial charge in [-0.1, -0.05) is 182 Å². The molecule has 7 rings (SSSR count). The van der Waals surface area contributed by atoms with Crippen molar-refractivity contribution in [2.24, 2.45) is 4.99 Å². The van der Waals surface area contributed by atoms with Gasteiger partial charge in [-0.15, -0.1) is 0 Å². The number of hydrogen-bond acceptors (Lipinski definition) is 1. The number of rotatable bonds is 9. The van der Waals surface area contributed by atoms with Crippen LogP contribution in [0.3, 0.4) is 0 Å². The molecule has 1 nitrogen and oxygen atoms in total. The number of nitrogens with zero attached hydrogens (tertiary/aromatic N) is 1. The van der Waals surface area contributed by atoms with Crippen LogP contribution in [-0.2, 0) is 6.42 Å². The molecule has 1 aliphatic rings. The highest BCUT2D eigenvalue weighted by molar-refractivity contribution is 6.17. The summed E-state index contributed by atoms with van der Waals surface area (Å²) in [6.07, 6.45) is 11.5. The molecule has 0 spiro atoms. The molecule has 0 heterocycles. The van der Waals surface area contributed by atoms with E-state index in [2.05, 4.69) is 203 Å². The van der Waals surface area contributed by atoms with Crippen LogP contribution in [-0.4, -0.2) is 5.71 Å². The summed E-state index contributed by atoms with van der Waals surface area (Å²) >= 11 is 0. The third-order valence-electron chi connectivity index (χ3n) is 9.71. The molecule has 0 amide bonds. The predicted octanol–water partition coefficient (Wildman–Crippen LogP) is 13.5. The molecule has 1 aliphatic carbocycles. The van der Waals surface area contributed by atoms with Gasteiger partial charge >= 0.3 is 0 Å². The average molecular weight is 670 g/mol. The summed E-state index contributed by atoms with van der Waals surface area (Å²) in [5.41, 5.74) is 18.6. The number of hydrogen-bond donors (Lipinski definition) is 0. The minimum Gasteiger partial charge on any atom is -0.248 e. The minimum atomic E-state index is 0.741. The fourth-order valence-electron chi connectivity index (χ4n) is 6.88. The second-order valence-corrected chi connectivity index (χ2v) is 13.5. The van der Waals surface area contributed by atoms with E-state index in [-0.39, 0.29) is 0 Å². The van der Waals surface area contributed by atoms with E-state index in [0.29, 0.717) is 0 Å². The number of benzene rings is 6. The van der Waals surface area contributed by atoms with Gasteiger partial charge in [0.2, 0.25) is 0 Å². The number of aryl methyl sites for hydroxylation is 1. The van der Waals surface area contributed by atoms with Crippen molar-refractivity contribution >= 4 is 28.6 Å². The monoisotopic (exact) mass is 669 g/mol. The van der Waals surface area contributed by atoms with Crippen LogP contribution in [0.1, 0.15) is 52.8 Å². The smallest absolute Gasteiger partial charge is 0.0712 e. The Hall–Kier alpha value is -6.31. The second kappa shape index (κ2) is 15.7. The summed E-state index contributed by atoms with van der Waals surface area (Å²) in [5, 5.41) is 0. The van der Waals surface area contributed by atoms with Gasteiger partial charge in [0.15, 0.2) is 0 Å². The SMILES string of the molecule is C=C(N=C1C=CC=C/C1=C(/C)c1cccc(-c2ccccc2)c1)c1ccc(-c2cc(C)cc(Cc3ccccc3/C=C(\C)c3ccccc3)c2)cc1. The van der Waals surface area contributed by atoms with Crippen molar-refractivity contribution in [1.82, 2.24) is 0 Å². The fourth-order valence-corrected chi connectivity index (χ4v) is 6.88. The summed E-state index contributed by atoms with van der Waals surface area (Å²) in [6, 6.07) is 54.1. The molecule has 6 aromatic carbocycles. The zero-order valence-electron chi connectivity index (χ0n) is 30.2. The molecule has 0 N–H and O–H groups in total. The standard InChI is InChI=1S/C51H43N/c1-36-30-40(33-47-21-12-11-20-46(47)32-37(2)41-16-7-5-8-17-41)34-49(31-36)44-28-26-42(27-29-44)39(4)52-51-25-14-13-24-50(51)38(3)45-22-15-23-48(35-45)43-18-9-6-10-19-43/h5-32,34-35H,4,33H2,1-3H3/b37-32+,50-38+,52-51?. The molecule has 0 unspecified atom stereocenters. The number of allylic oxidation sites excluding steroid dienone is 7. The Kier molecular flexibility index (Phi) is 10.3. The van der Waals surface area contributed by atoms with E-state index < -0.39 is 0 Å².